The minimum Gasteiger partial charge on any atom is -0.396 e. The topological polar surface area (TPSA) is 64.7 Å². The van der Waals surface area contributed by atoms with Gasteiger partial charge in [-0.2, -0.15) is 0 Å². The van der Waals surface area contributed by atoms with Crippen molar-refractivity contribution in [2.24, 2.45) is 0 Å². The maximum atomic E-state index is 5.50. The highest BCUT2D eigenvalue weighted by Crippen LogP contribution is 2.25. The molecule has 0 saturated carbocycles. The minimum absolute atomic E-state index is 0.534. The zero-order valence-electron chi connectivity index (χ0n) is 7.48. The number of aromatic nitrogens is 3. The molecule has 76 valence electrons. The summed E-state index contributed by atoms with van der Waals surface area (Å²) in [7, 11) is 0. The zero-order valence-corrected chi connectivity index (χ0v) is 10.7. The molecule has 15 heavy (non-hydrogen) atoms. The summed E-state index contributed by atoms with van der Waals surface area (Å²) in [5.74, 6) is 0.545. The third-order valence-electron chi connectivity index (χ3n) is 1.69. The molecule has 2 N–H and O–H groups in total. The van der Waals surface area contributed by atoms with E-state index in [1.165, 1.54) is 0 Å². The summed E-state index contributed by atoms with van der Waals surface area (Å²) in [5.41, 5.74) is 6.73. The van der Waals surface area contributed by atoms with E-state index in [1.54, 1.807) is 18.6 Å². The standard InChI is InChI=1S/C9H6Br2N4/c10-5-1-7(11)8(13-2-5)9-14-3-6(12)4-15-9/h1-4H,12H2. The molecule has 0 radical (unpaired) electrons. The van der Waals surface area contributed by atoms with Crippen molar-refractivity contribution < 1.29 is 0 Å². The van der Waals surface area contributed by atoms with Crippen molar-refractivity contribution in [1.29, 1.82) is 0 Å². The Morgan fingerprint density at radius 2 is 1.67 bits per heavy atom. The highest BCUT2D eigenvalue weighted by Gasteiger charge is 2.07. The van der Waals surface area contributed by atoms with Crippen LogP contribution < -0.4 is 5.73 Å². The predicted octanol–water partition coefficient (Wildman–Crippen LogP) is 2.65. The van der Waals surface area contributed by atoms with Crippen molar-refractivity contribution in [3.05, 3.63) is 33.6 Å². The average Bonchev–Trinajstić information content (AvgIpc) is 2.20. The summed E-state index contributed by atoms with van der Waals surface area (Å²) in [5, 5.41) is 0. The van der Waals surface area contributed by atoms with Gasteiger partial charge in [0.1, 0.15) is 5.69 Å². The Morgan fingerprint density at radius 3 is 2.27 bits per heavy atom. The van der Waals surface area contributed by atoms with Gasteiger partial charge in [-0.1, -0.05) is 0 Å². The summed E-state index contributed by atoms with van der Waals surface area (Å²) in [6.45, 7) is 0. The van der Waals surface area contributed by atoms with Crippen LogP contribution in [0.1, 0.15) is 0 Å². The van der Waals surface area contributed by atoms with E-state index in [-0.39, 0.29) is 0 Å². The van der Waals surface area contributed by atoms with Crippen LogP contribution in [0.5, 0.6) is 0 Å². The third-order valence-corrected chi connectivity index (χ3v) is 2.73. The lowest BCUT2D eigenvalue weighted by Crippen LogP contribution is -1.94. The zero-order chi connectivity index (χ0) is 10.8. The van der Waals surface area contributed by atoms with Gasteiger partial charge < -0.3 is 5.73 Å². The molecule has 0 aliphatic carbocycles. The van der Waals surface area contributed by atoms with Gasteiger partial charge in [0.15, 0.2) is 5.82 Å². The number of halogens is 2. The lowest BCUT2D eigenvalue weighted by Gasteiger charge is -2.02. The van der Waals surface area contributed by atoms with Crippen molar-refractivity contribution >= 4 is 37.5 Å². The summed E-state index contributed by atoms with van der Waals surface area (Å²) in [6, 6.07) is 1.89. The molecule has 0 atom stereocenters. The fourth-order valence-corrected chi connectivity index (χ4v) is 2.20. The van der Waals surface area contributed by atoms with Gasteiger partial charge in [-0.25, -0.2) is 9.97 Å². The van der Waals surface area contributed by atoms with Gasteiger partial charge in [-0.15, -0.1) is 0 Å². The molecule has 0 aromatic carbocycles. The van der Waals surface area contributed by atoms with Crippen LogP contribution >= 0.6 is 31.9 Å². The molecule has 4 nitrogen and oxygen atoms in total. The Morgan fingerprint density at radius 1 is 1.00 bits per heavy atom. The molecule has 0 spiro atoms. The van der Waals surface area contributed by atoms with Gasteiger partial charge in [0.2, 0.25) is 0 Å². The molecule has 0 aliphatic rings. The van der Waals surface area contributed by atoms with E-state index < -0.39 is 0 Å². The molecule has 0 amide bonds. The van der Waals surface area contributed by atoms with E-state index in [4.69, 9.17) is 5.73 Å². The maximum absolute atomic E-state index is 5.50. The van der Waals surface area contributed by atoms with Crippen LogP contribution in [0.25, 0.3) is 11.5 Å². The van der Waals surface area contributed by atoms with Crippen LogP contribution in [-0.4, -0.2) is 15.0 Å². The monoisotopic (exact) mass is 328 g/mol. The van der Waals surface area contributed by atoms with Crippen LogP contribution in [0.2, 0.25) is 0 Å². The van der Waals surface area contributed by atoms with Crippen LogP contribution in [0.15, 0.2) is 33.6 Å². The fourth-order valence-electron chi connectivity index (χ4n) is 1.04. The lowest BCUT2D eigenvalue weighted by atomic mass is 10.3. The lowest BCUT2D eigenvalue weighted by molar-refractivity contribution is 1.13. The fraction of sp³-hybridized carbons (Fsp3) is 0. The minimum atomic E-state index is 0.534. The first-order valence-electron chi connectivity index (χ1n) is 4.06. The highest BCUT2D eigenvalue weighted by molar-refractivity contribution is 9.11. The second-order valence-corrected chi connectivity index (χ2v) is 4.59. The van der Waals surface area contributed by atoms with Crippen molar-refractivity contribution in [3.8, 4) is 11.5 Å². The normalized spacial score (nSPS) is 10.3. The number of hydrogen-bond donors (Lipinski definition) is 1. The molecule has 2 heterocycles. The first-order valence-corrected chi connectivity index (χ1v) is 5.64. The van der Waals surface area contributed by atoms with Gasteiger partial charge in [0, 0.05) is 15.1 Å². The van der Waals surface area contributed by atoms with Crippen molar-refractivity contribution in [1.82, 2.24) is 15.0 Å². The van der Waals surface area contributed by atoms with E-state index in [2.05, 4.69) is 46.8 Å². The van der Waals surface area contributed by atoms with Gasteiger partial charge in [0.05, 0.1) is 18.1 Å². The van der Waals surface area contributed by atoms with E-state index in [1.807, 2.05) is 6.07 Å². The van der Waals surface area contributed by atoms with Crippen molar-refractivity contribution in [2.75, 3.05) is 5.73 Å². The van der Waals surface area contributed by atoms with E-state index in [9.17, 15) is 0 Å². The van der Waals surface area contributed by atoms with E-state index >= 15 is 0 Å². The van der Waals surface area contributed by atoms with Gasteiger partial charge >= 0.3 is 0 Å². The van der Waals surface area contributed by atoms with E-state index in [0.717, 1.165) is 8.95 Å². The predicted molar refractivity (Wildman–Crippen MR) is 65.1 cm³/mol. The molecule has 0 fully saturated rings. The van der Waals surface area contributed by atoms with Crippen LogP contribution in [0.4, 0.5) is 5.69 Å². The number of nitrogens with two attached hydrogens (primary N) is 1. The Hall–Kier alpha value is -1.01. The van der Waals surface area contributed by atoms with Gasteiger partial charge in [0.25, 0.3) is 0 Å². The summed E-state index contributed by atoms with van der Waals surface area (Å²) < 4.78 is 1.73. The molecule has 2 aromatic rings. The molecular formula is C9H6Br2N4. The number of nitrogens with zero attached hydrogens (tertiary/aromatic N) is 3. The Kier molecular flexibility index (Phi) is 2.97. The maximum Gasteiger partial charge on any atom is 0.179 e. The number of anilines is 1. The van der Waals surface area contributed by atoms with Gasteiger partial charge in [-0.3, -0.25) is 4.98 Å². The largest absolute Gasteiger partial charge is 0.396 e. The molecule has 0 aliphatic heterocycles. The van der Waals surface area contributed by atoms with Gasteiger partial charge in [-0.05, 0) is 37.9 Å². The molecule has 2 aromatic heterocycles. The number of nitrogen functional groups attached to an aromatic ring is 1. The summed E-state index contributed by atoms with van der Waals surface area (Å²) >= 11 is 6.73. The summed E-state index contributed by atoms with van der Waals surface area (Å²) in [6.07, 6.45) is 4.80. The van der Waals surface area contributed by atoms with Crippen LogP contribution in [0.3, 0.4) is 0 Å². The number of pyridine rings is 1. The quantitative estimate of drug-likeness (QED) is 0.873. The second kappa shape index (κ2) is 4.24. The second-order valence-electron chi connectivity index (χ2n) is 2.82. The Labute approximate surface area is 103 Å². The summed E-state index contributed by atoms with van der Waals surface area (Å²) in [4.78, 5) is 12.4. The molecule has 2 rings (SSSR count). The molecule has 0 bridgehead atoms. The van der Waals surface area contributed by atoms with Crippen molar-refractivity contribution in [3.63, 3.8) is 0 Å². The first kappa shape index (κ1) is 10.5. The SMILES string of the molecule is Nc1cnc(-c2ncc(Br)cc2Br)nc1. The number of hydrogen-bond acceptors (Lipinski definition) is 4. The molecule has 0 saturated heterocycles. The first-order chi connectivity index (χ1) is 7.16. The molecule has 6 heteroatoms. The molecule has 0 unspecified atom stereocenters. The van der Waals surface area contributed by atoms with Crippen molar-refractivity contribution in [2.45, 2.75) is 0 Å². The average molecular weight is 330 g/mol. The van der Waals surface area contributed by atoms with E-state index in [0.29, 0.717) is 17.2 Å². The number of rotatable bonds is 1. The van der Waals surface area contributed by atoms with Crippen LogP contribution in [0, 0.1) is 0 Å². The third kappa shape index (κ3) is 2.32. The molecular weight excluding hydrogens is 324 g/mol. The Balaban J connectivity index is 2.49. The Bertz CT molecular complexity index is 484. The van der Waals surface area contributed by atoms with Crippen LogP contribution in [-0.2, 0) is 0 Å². The smallest absolute Gasteiger partial charge is 0.179 e. The highest BCUT2D eigenvalue weighted by atomic mass is 79.9.